The average Bonchev–Trinajstić information content (AvgIpc) is 3.24. The molecule has 0 aromatic heterocycles. The second kappa shape index (κ2) is 10.2. The van der Waals surface area contributed by atoms with E-state index < -0.39 is 6.04 Å². The molecule has 4 heteroatoms. The maximum absolute atomic E-state index is 13.1. The van der Waals surface area contributed by atoms with Crippen LogP contribution in [0, 0.1) is 6.92 Å². The Labute approximate surface area is 174 Å². The summed E-state index contributed by atoms with van der Waals surface area (Å²) in [5.74, 6) is -0.0278. The third-order valence-electron chi connectivity index (χ3n) is 5.81. The maximum Gasteiger partial charge on any atom is 0.242 e. The summed E-state index contributed by atoms with van der Waals surface area (Å²) in [7, 11) is 0. The fourth-order valence-electron chi connectivity index (χ4n) is 3.90. The predicted octanol–water partition coefficient (Wildman–Crippen LogP) is 4.40. The predicted molar refractivity (Wildman–Crippen MR) is 116 cm³/mol. The Kier molecular flexibility index (Phi) is 7.45. The van der Waals surface area contributed by atoms with E-state index in [4.69, 9.17) is 0 Å². The highest BCUT2D eigenvalue weighted by Gasteiger charge is 2.28. The van der Waals surface area contributed by atoms with E-state index in [-0.39, 0.29) is 17.9 Å². The standard InChI is InChI=1S/C25H32N2O2/c1-19-12-14-21(15-13-19)16-17-24(28)27(18-22-8-4-3-5-9-22)20(2)25(29)26-23-10-6-7-11-23/h3-5,8-9,12-15,20,23H,6-7,10-11,16-18H2,1-2H3,(H,26,29). The number of carbonyl (C=O) groups excluding carboxylic acids is 2. The van der Waals surface area contributed by atoms with Crippen LogP contribution in [-0.2, 0) is 22.6 Å². The monoisotopic (exact) mass is 392 g/mol. The number of carbonyl (C=O) groups is 2. The van der Waals surface area contributed by atoms with Gasteiger partial charge in [0.2, 0.25) is 11.8 Å². The van der Waals surface area contributed by atoms with E-state index in [2.05, 4.69) is 36.5 Å². The van der Waals surface area contributed by atoms with Crippen LogP contribution in [0.3, 0.4) is 0 Å². The van der Waals surface area contributed by atoms with E-state index in [0.29, 0.717) is 19.4 Å². The van der Waals surface area contributed by atoms with Gasteiger partial charge in [-0.25, -0.2) is 0 Å². The van der Waals surface area contributed by atoms with Gasteiger partial charge in [0.25, 0.3) is 0 Å². The van der Waals surface area contributed by atoms with Gasteiger partial charge >= 0.3 is 0 Å². The average molecular weight is 393 g/mol. The van der Waals surface area contributed by atoms with Crippen LogP contribution in [0.1, 0.15) is 55.7 Å². The van der Waals surface area contributed by atoms with E-state index >= 15 is 0 Å². The molecule has 1 unspecified atom stereocenters. The van der Waals surface area contributed by atoms with E-state index in [1.54, 1.807) is 4.90 Å². The van der Waals surface area contributed by atoms with E-state index in [1.807, 2.05) is 37.3 Å². The first-order valence-corrected chi connectivity index (χ1v) is 10.7. The minimum atomic E-state index is -0.485. The number of nitrogens with zero attached hydrogens (tertiary/aromatic N) is 1. The highest BCUT2D eigenvalue weighted by Crippen LogP contribution is 2.19. The third kappa shape index (κ3) is 6.18. The number of nitrogens with one attached hydrogen (secondary N) is 1. The van der Waals surface area contributed by atoms with Crippen molar-refractivity contribution in [3.8, 4) is 0 Å². The Balaban J connectivity index is 1.67. The zero-order valence-electron chi connectivity index (χ0n) is 17.6. The first kappa shape index (κ1) is 21.1. The minimum absolute atomic E-state index is 0.0171. The van der Waals surface area contributed by atoms with Crippen molar-refractivity contribution in [2.75, 3.05) is 0 Å². The van der Waals surface area contributed by atoms with Crippen molar-refractivity contribution in [2.24, 2.45) is 0 Å². The third-order valence-corrected chi connectivity index (χ3v) is 5.81. The van der Waals surface area contributed by atoms with Crippen LogP contribution >= 0.6 is 0 Å². The molecule has 1 atom stereocenters. The van der Waals surface area contributed by atoms with Crippen molar-refractivity contribution in [1.82, 2.24) is 10.2 Å². The van der Waals surface area contributed by atoms with Crippen molar-refractivity contribution in [1.29, 1.82) is 0 Å². The van der Waals surface area contributed by atoms with Crippen molar-refractivity contribution in [3.63, 3.8) is 0 Å². The number of amides is 2. The molecule has 0 bridgehead atoms. The molecule has 0 heterocycles. The molecule has 154 valence electrons. The molecule has 29 heavy (non-hydrogen) atoms. The fourth-order valence-corrected chi connectivity index (χ4v) is 3.90. The highest BCUT2D eigenvalue weighted by molar-refractivity contribution is 5.87. The quantitative estimate of drug-likeness (QED) is 0.724. The Morgan fingerprint density at radius 3 is 2.31 bits per heavy atom. The summed E-state index contributed by atoms with van der Waals surface area (Å²) in [5, 5.41) is 3.15. The molecular weight excluding hydrogens is 360 g/mol. The summed E-state index contributed by atoms with van der Waals surface area (Å²) in [6, 6.07) is 17.9. The van der Waals surface area contributed by atoms with Gasteiger partial charge in [0.05, 0.1) is 0 Å². The number of benzene rings is 2. The zero-order chi connectivity index (χ0) is 20.6. The SMILES string of the molecule is Cc1ccc(CCC(=O)N(Cc2ccccc2)C(C)C(=O)NC2CCCC2)cc1. The van der Waals surface area contributed by atoms with Crippen molar-refractivity contribution in [2.45, 2.75) is 71.0 Å². The smallest absolute Gasteiger partial charge is 0.242 e. The van der Waals surface area contributed by atoms with Crippen LogP contribution in [0.15, 0.2) is 54.6 Å². The summed E-state index contributed by atoms with van der Waals surface area (Å²) < 4.78 is 0. The van der Waals surface area contributed by atoms with Gasteiger partial charge in [0.1, 0.15) is 6.04 Å². The van der Waals surface area contributed by atoms with Crippen LogP contribution < -0.4 is 5.32 Å². The van der Waals surface area contributed by atoms with Gasteiger partial charge in [-0.2, -0.15) is 0 Å². The summed E-state index contributed by atoms with van der Waals surface area (Å²) in [6.07, 6.45) is 5.50. The molecule has 1 fully saturated rings. The molecule has 0 radical (unpaired) electrons. The lowest BCUT2D eigenvalue weighted by molar-refractivity contribution is -0.140. The topological polar surface area (TPSA) is 49.4 Å². The van der Waals surface area contributed by atoms with E-state index in [9.17, 15) is 9.59 Å². The number of rotatable bonds is 8. The number of hydrogen-bond acceptors (Lipinski definition) is 2. The minimum Gasteiger partial charge on any atom is -0.352 e. The lowest BCUT2D eigenvalue weighted by atomic mass is 10.1. The van der Waals surface area contributed by atoms with Gasteiger partial charge in [0, 0.05) is 19.0 Å². The summed E-state index contributed by atoms with van der Waals surface area (Å²) >= 11 is 0. The molecule has 1 saturated carbocycles. The van der Waals surface area contributed by atoms with Gasteiger partial charge in [-0.3, -0.25) is 9.59 Å². The Bertz CT molecular complexity index is 795. The molecule has 1 aliphatic rings. The van der Waals surface area contributed by atoms with Gasteiger partial charge < -0.3 is 10.2 Å². The van der Waals surface area contributed by atoms with Crippen LogP contribution in [0.25, 0.3) is 0 Å². The first-order valence-electron chi connectivity index (χ1n) is 10.7. The summed E-state index contributed by atoms with van der Waals surface area (Å²) in [6.45, 7) is 4.35. The lowest BCUT2D eigenvalue weighted by Gasteiger charge is -2.30. The molecule has 0 spiro atoms. The molecule has 0 aliphatic heterocycles. The van der Waals surface area contributed by atoms with Crippen molar-refractivity contribution >= 4 is 11.8 Å². The van der Waals surface area contributed by atoms with E-state index in [0.717, 1.165) is 24.0 Å². The molecule has 3 rings (SSSR count). The zero-order valence-corrected chi connectivity index (χ0v) is 17.6. The first-order chi connectivity index (χ1) is 14.0. The Morgan fingerprint density at radius 2 is 1.66 bits per heavy atom. The van der Waals surface area contributed by atoms with E-state index in [1.165, 1.54) is 18.4 Å². The molecular formula is C25H32N2O2. The fraction of sp³-hybridized carbons (Fsp3) is 0.440. The lowest BCUT2D eigenvalue weighted by Crippen LogP contribution is -2.49. The van der Waals surface area contributed by atoms with Crippen molar-refractivity contribution < 1.29 is 9.59 Å². The van der Waals surface area contributed by atoms with Crippen molar-refractivity contribution in [3.05, 3.63) is 71.3 Å². The summed E-state index contributed by atoms with van der Waals surface area (Å²) in [4.78, 5) is 27.7. The largest absolute Gasteiger partial charge is 0.352 e. The summed E-state index contributed by atoms with van der Waals surface area (Å²) in [5.41, 5.74) is 3.39. The Hall–Kier alpha value is -2.62. The Morgan fingerprint density at radius 1 is 1.00 bits per heavy atom. The van der Waals surface area contributed by atoms with Gasteiger partial charge in [-0.05, 0) is 44.2 Å². The van der Waals surface area contributed by atoms with Gasteiger partial charge in [-0.15, -0.1) is 0 Å². The molecule has 2 aromatic rings. The van der Waals surface area contributed by atoms with Gasteiger partial charge in [-0.1, -0.05) is 73.0 Å². The molecule has 1 aliphatic carbocycles. The van der Waals surface area contributed by atoms with Crippen LogP contribution in [0.4, 0.5) is 0 Å². The molecule has 0 saturated heterocycles. The van der Waals surface area contributed by atoms with Crippen LogP contribution in [-0.4, -0.2) is 28.8 Å². The van der Waals surface area contributed by atoms with Crippen LogP contribution in [0.2, 0.25) is 0 Å². The number of aryl methyl sites for hydroxylation is 2. The molecule has 2 amide bonds. The normalized spacial score (nSPS) is 15.1. The number of hydrogen-bond donors (Lipinski definition) is 1. The second-order valence-corrected chi connectivity index (χ2v) is 8.16. The molecule has 2 aromatic carbocycles. The van der Waals surface area contributed by atoms with Crippen LogP contribution in [0.5, 0.6) is 0 Å². The second-order valence-electron chi connectivity index (χ2n) is 8.16. The maximum atomic E-state index is 13.1. The highest BCUT2D eigenvalue weighted by atomic mass is 16.2. The van der Waals surface area contributed by atoms with Gasteiger partial charge in [0.15, 0.2) is 0 Å². The molecule has 4 nitrogen and oxygen atoms in total. The molecule has 1 N–H and O–H groups in total.